The molecule has 2 fully saturated rings. The Labute approximate surface area is 185 Å². The number of morpholine rings is 1. The summed E-state index contributed by atoms with van der Waals surface area (Å²) < 4.78 is 17.1. The molecule has 30 heavy (non-hydrogen) atoms. The van der Waals surface area contributed by atoms with Gasteiger partial charge in [0.15, 0.2) is 5.96 Å². The minimum atomic E-state index is 0.271. The average molecular weight is 439 g/mol. The number of rotatable bonds is 10. The van der Waals surface area contributed by atoms with Crippen molar-refractivity contribution in [2.75, 3.05) is 59.2 Å². The van der Waals surface area contributed by atoms with Gasteiger partial charge in [-0.1, -0.05) is 6.07 Å². The smallest absolute Gasteiger partial charge is 0.191 e. The van der Waals surface area contributed by atoms with Gasteiger partial charge in [-0.2, -0.15) is 0 Å². The molecule has 2 N–H and O–H groups in total. The fraction of sp³-hybridized carbons (Fsp3) is 0.773. The van der Waals surface area contributed by atoms with Crippen molar-refractivity contribution in [3.05, 3.63) is 22.4 Å². The zero-order valence-electron chi connectivity index (χ0n) is 18.5. The Balaban J connectivity index is 1.48. The second-order valence-corrected chi connectivity index (χ2v) is 8.87. The Hall–Kier alpha value is -1.19. The molecule has 2 saturated heterocycles. The van der Waals surface area contributed by atoms with Gasteiger partial charge in [0.2, 0.25) is 0 Å². The Morgan fingerprint density at radius 2 is 2.20 bits per heavy atom. The van der Waals surface area contributed by atoms with Crippen molar-refractivity contribution in [1.29, 1.82) is 0 Å². The van der Waals surface area contributed by atoms with Crippen LogP contribution in [0.2, 0.25) is 0 Å². The van der Waals surface area contributed by atoms with E-state index < -0.39 is 0 Å². The summed E-state index contributed by atoms with van der Waals surface area (Å²) in [5.41, 5.74) is 0. The number of thiophene rings is 1. The lowest BCUT2D eigenvalue weighted by Crippen LogP contribution is -2.44. The van der Waals surface area contributed by atoms with Crippen molar-refractivity contribution in [3.63, 3.8) is 0 Å². The summed E-state index contributed by atoms with van der Waals surface area (Å²) in [5.74, 6) is 0.881. The van der Waals surface area contributed by atoms with Gasteiger partial charge in [-0.15, -0.1) is 11.3 Å². The summed E-state index contributed by atoms with van der Waals surface area (Å²) in [4.78, 5) is 8.80. The van der Waals surface area contributed by atoms with Gasteiger partial charge in [-0.3, -0.25) is 9.89 Å². The minimum absolute atomic E-state index is 0.271. The van der Waals surface area contributed by atoms with Gasteiger partial charge in [-0.25, -0.2) is 0 Å². The van der Waals surface area contributed by atoms with Crippen LogP contribution in [0, 0.1) is 0 Å². The van der Waals surface area contributed by atoms with Gasteiger partial charge < -0.3 is 24.8 Å². The Morgan fingerprint density at radius 3 is 2.93 bits per heavy atom. The minimum Gasteiger partial charge on any atom is -0.381 e. The van der Waals surface area contributed by atoms with Crippen LogP contribution in [-0.4, -0.2) is 82.2 Å². The Morgan fingerprint density at radius 1 is 1.33 bits per heavy atom. The summed E-state index contributed by atoms with van der Waals surface area (Å²) in [6.07, 6.45) is 3.64. The average Bonchev–Trinajstić information content (AvgIpc) is 3.29. The lowest BCUT2D eigenvalue weighted by atomic mass is 10.1. The van der Waals surface area contributed by atoms with Gasteiger partial charge in [0, 0.05) is 50.9 Å². The van der Waals surface area contributed by atoms with Gasteiger partial charge in [0.25, 0.3) is 0 Å². The fourth-order valence-corrected chi connectivity index (χ4v) is 4.74. The highest BCUT2D eigenvalue weighted by molar-refractivity contribution is 7.10. The maximum Gasteiger partial charge on any atom is 0.191 e. The molecule has 0 spiro atoms. The predicted molar refractivity (Wildman–Crippen MR) is 122 cm³/mol. The van der Waals surface area contributed by atoms with Crippen LogP contribution in [0.25, 0.3) is 0 Å². The zero-order valence-corrected chi connectivity index (χ0v) is 19.3. The molecule has 1 aromatic rings. The van der Waals surface area contributed by atoms with Crippen LogP contribution in [0.15, 0.2) is 22.5 Å². The largest absolute Gasteiger partial charge is 0.381 e. The molecule has 0 bridgehead atoms. The first-order valence-corrected chi connectivity index (χ1v) is 12.2. The van der Waals surface area contributed by atoms with Gasteiger partial charge >= 0.3 is 0 Å². The summed E-state index contributed by atoms with van der Waals surface area (Å²) in [7, 11) is 0. The molecule has 0 saturated carbocycles. The van der Waals surface area contributed by atoms with Gasteiger partial charge in [0.05, 0.1) is 31.4 Å². The monoisotopic (exact) mass is 438 g/mol. The van der Waals surface area contributed by atoms with Crippen LogP contribution >= 0.6 is 11.3 Å². The first-order valence-electron chi connectivity index (χ1n) is 11.4. The van der Waals surface area contributed by atoms with Crippen molar-refractivity contribution in [1.82, 2.24) is 15.5 Å². The number of hydrogen-bond donors (Lipinski definition) is 2. The molecule has 1 aromatic heterocycles. The standard InChI is InChI=1S/C22H38N4O3S/c1-3-23-22(24-9-5-11-29-19-7-12-27-13-8-19)25-16-20(21-6-4-15-30-21)26-10-14-28-18(2)17-26/h4,6,15,18-20H,3,5,7-14,16-17H2,1-2H3,(H2,23,24,25). The summed E-state index contributed by atoms with van der Waals surface area (Å²) in [6, 6.07) is 4.64. The van der Waals surface area contributed by atoms with E-state index >= 15 is 0 Å². The van der Waals surface area contributed by atoms with Crippen molar-refractivity contribution < 1.29 is 14.2 Å². The highest BCUT2D eigenvalue weighted by atomic mass is 32.1. The van der Waals surface area contributed by atoms with Crippen molar-refractivity contribution >= 4 is 17.3 Å². The topological polar surface area (TPSA) is 67.4 Å². The third kappa shape index (κ3) is 7.81. The van der Waals surface area contributed by atoms with E-state index in [-0.39, 0.29) is 6.10 Å². The molecule has 0 aliphatic carbocycles. The van der Waals surface area contributed by atoms with Crippen molar-refractivity contribution in [3.8, 4) is 0 Å². The van der Waals surface area contributed by atoms with Crippen LogP contribution in [0.1, 0.15) is 44.0 Å². The summed E-state index contributed by atoms with van der Waals surface area (Å²) >= 11 is 1.81. The molecule has 0 radical (unpaired) electrons. The number of ether oxygens (including phenoxy) is 3. The van der Waals surface area contributed by atoms with E-state index in [1.165, 1.54) is 4.88 Å². The van der Waals surface area contributed by atoms with Crippen LogP contribution in [0.5, 0.6) is 0 Å². The van der Waals surface area contributed by atoms with E-state index in [1.807, 2.05) is 11.3 Å². The molecule has 0 aromatic carbocycles. The second-order valence-electron chi connectivity index (χ2n) is 7.89. The molecule has 2 atom stereocenters. The molecule has 2 aliphatic heterocycles. The van der Waals surface area contributed by atoms with E-state index in [4.69, 9.17) is 19.2 Å². The summed E-state index contributed by atoms with van der Waals surface area (Å²) in [6.45, 7) is 11.8. The van der Waals surface area contributed by atoms with E-state index in [1.54, 1.807) is 0 Å². The molecule has 8 heteroatoms. The van der Waals surface area contributed by atoms with Crippen LogP contribution in [-0.2, 0) is 14.2 Å². The highest BCUT2D eigenvalue weighted by Gasteiger charge is 2.26. The van der Waals surface area contributed by atoms with E-state index in [2.05, 4.69) is 46.9 Å². The molecule has 3 heterocycles. The van der Waals surface area contributed by atoms with Gasteiger partial charge in [-0.05, 0) is 44.6 Å². The highest BCUT2D eigenvalue weighted by Crippen LogP contribution is 2.27. The lowest BCUT2D eigenvalue weighted by Gasteiger charge is -2.36. The molecule has 2 unspecified atom stereocenters. The zero-order chi connectivity index (χ0) is 21.0. The lowest BCUT2D eigenvalue weighted by molar-refractivity contribution is -0.0327. The predicted octanol–water partition coefficient (Wildman–Crippen LogP) is 2.65. The van der Waals surface area contributed by atoms with Crippen molar-refractivity contribution in [2.24, 2.45) is 4.99 Å². The van der Waals surface area contributed by atoms with Crippen LogP contribution < -0.4 is 10.6 Å². The third-order valence-electron chi connectivity index (χ3n) is 5.49. The SMILES string of the molecule is CCNC(=NCC(c1cccs1)N1CCOC(C)C1)NCCCOC1CCOCC1. The van der Waals surface area contributed by atoms with E-state index in [0.717, 1.165) is 84.4 Å². The number of guanidine groups is 1. The maximum absolute atomic E-state index is 5.96. The number of hydrogen-bond acceptors (Lipinski definition) is 6. The Bertz CT molecular complexity index is 608. The van der Waals surface area contributed by atoms with E-state index in [0.29, 0.717) is 12.1 Å². The third-order valence-corrected chi connectivity index (χ3v) is 6.46. The quantitative estimate of drug-likeness (QED) is 0.333. The number of aliphatic imine (C=N–C) groups is 1. The van der Waals surface area contributed by atoms with E-state index in [9.17, 15) is 0 Å². The fourth-order valence-electron chi connectivity index (χ4n) is 3.89. The van der Waals surface area contributed by atoms with Crippen LogP contribution in [0.3, 0.4) is 0 Å². The molecule has 170 valence electrons. The molecule has 7 nitrogen and oxygen atoms in total. The second kappa shape index (κ2) is 13.3. The molecule has 3 rings (SSSR count). The van der Waals surface area contributed by atoms with Crippen LogP contribution in [0.4, 0.5) is 0 Å². The maximum atomic E-state index is 5.96. The number of nitrogens with zero attached hydrogens (tertiary/aromatic N) is 2. The molecule has 0 amide bonds. The first kappa shape index (κ1) is 23.5. The first-order chi connectivity index (χ1) is 14.8. The van der Waals surface area contributed by atoms with Crippen molar-refractivity contribution in [2.45, 2.75) is 51.4 Å². The normalized spacial score (nSPS) is 22.7. The number of nitrogens with one attached hydrogen (secondary N) is 2. The summed E-state index contributed by atoms with van der Waals surface area (Å²) in [5, 5.41) is 8.99. The molecule has 2 aliphatic rings. The van der Waals surface area contributed by atoms with Gasteiger partial charge in [0.1, 0.15) is 0 Å². The molecular formula is C22H38N4O3S. The Kier molecular flexibility index (Phi) is 10.4. The molecular weight excluding hydrogens is 400 g/mol.